The highest BCUT2D eigenvalue weighted by Crippen LogP contribution is 2.25. The Morgan fingerprint density at radius 2 is 1.96 bits per heavy atom. The lowest BCUT2D eigenvalue weighted by Gasteiger charge is -2.40. The van der Waals surface area contributed by atoms with E-state index in [1.165, 1.54) is 0 Å². The standard InChI is InChI=1S/C19H25N7/c1-13-9-15(7-8-20-13)21-10-14-11-25(12-14)17-6-5-16-22-23-18(19(2,3)4)26(16)24-17/h5-9,14H,10-12H2,1-4H3,(H,20,21). The third-order valence-corrected chi connectivity index (χ3v) is 4.69. The van der Waals surface area contributed by atoms with E-state index in [4.69, 9.17) is 5.10 Å². The molecule has 4 rings (SSSR count). The van der Waals surface area contributed by atoms with Crippen LogP contribution in [0.15, 0.2) is 30.5 Å². The highest BCUT2D eigenvalue weighted by Gasteiger charge is 2.29. The van der Waals surface area contributed by atoms with Crippen LogP contribution in [0.5, 0.6) is 0 Å². The molecule has 1 saturated heterocycles. The van der Waals surface area contributed by atoms with Crippen LogP contribution in [-0.4, -0.2) is 44.4 Å². The van der Waals surface area contributed by atoms with E-state index in [-0.39, 0.29) is 5.41 Å². The molecule has 1 N–H and O–H groups in total. The van der Waals surface area contributed by atoms with Crippen molar-refractivity contribution in [1.82, 2.24) is 24.8 Å². The molecule has 4 heterocycles. The Balaban J connectivity index is 1.41. The zero-order valence-electron chi connectivity index (χ0n) is 15.8. The maximum atomic E-state index is 4.78. The Hall–Kier alpha value is -2.70. The van der Waals surface area contributed by atoms with Crippen LogP contribution in [0.2, 0.25) is 0 Å². The van der Waals surface area contributed by atoms with Gasteiger partial charge in [0.15, 0.2) is 11.5 Å². The number of anilines is 2. The number of hydrogen-bond donors (Lipinski definition) is 1. The van der Waals surface area contributed by atoms with Gasteiger partial charge >= 0.3 is 0 Å². The Bertz CT molecular complexity index is 919. The van der Waals surface area contributed by atoms with Crippen molar-refractivity contribution >= 4 is 17.2 Å². The molecule has 1 aliphatic heterocycles. The van der Waals surface area contributed by atoms with Crippen LogP contribution in [0.4, 0.5) is 11.5 Å². The van der Waals surface area contributed by atoms with E-state index in [0.717, 1.165) is 48.3 Å². The summed E-state index contributed by atoms with van der Waals surface area (Å²) >= 11 is 0. The average Bonchev–Trinajstić information content (AvgIpc) is 2.97. The molecule has 7 nitrogen and oxygen atoms in total. The lowest BCUT2D eigenvalue weighted by atomic mass is 9.96. The van der Waals surface area contributed by atoms with E-state index in [0.29, 0.717) is 5.92 Å². The van der Waals surface area contributed by atoms with Gasteiger partial charge in [0.25, 0.3) is 0 Å². The quantitative estimate of drug-likeness (QED) is 0.779. The smallest absolute Gasteiger partial charge is 0.178 e. The normalized spacial score (nSPS) is 15.3. The fraction of sp³-hybridized carbons (Fsp3) is 0.474. The number of hydrogen-bond acceptors (Lipinski definition) is 6. The van der Waals surface area contributed by atoms with E-state index in [1.54, 1.807) is 0 Å². The summed E-state index contributed by atoms with van der Waals surface area (Å²) in [6, 6.07) is 8.12. The summed E-state index contributed by atoms with van der Waals surface area (Å²) in [6.45, 7) is 11.4. The van der Waals surface area contributed by atoms with Gasteiger partial charge in [-0.15, -0.1) is 15.3 Å². The molecule has 3 aromatic heterocycles. The number of pyridine rings is 1. The molecular weight excluding hydrogens is 326 g/mol. The second-order valence-corrected chi connectivity index (χ2v) is 8.07. The molecule has 0 amide bonds. The molecule has 0 radical (unpaired) electrons. The van der Waals surface area contributed by atoms with Gasteiger partial charge in [0.05, 0.1) is 0 Å². The predicted molar refractivity (Wildman–Crippen MR) is 103 cm³/mol. The summed E-state index contributed by atoms with van der Waals surface area (Å²) < 4.78 is 1.88. The SMILES string of the molecule is Cc1cc(NCC2CN(c3ccc4nnc(C(C)(C)C)n4n3)C2)ccn1. The Morgan fingerprint density at radius 3 is 2.69 bits per heavy atom. The van der Waals surface area contributed by atoms with Crippen LogP contribution < -0.4 is 10.2 Å². The first-order valence-electron chi connectivity index (χ1n) is 9.04. The molecule has 0 spiro atoms. The first kappa shape index (κ1) is 16.8. The number of nitrogens with zero attached hydrogens (tertiary/aromatic N) is 6. The molecule has 3 aromatic rings. The summed E-state index contributed by atoms with van der Waals surface area (Å²) in [5, 5.41) is 16.8. The minimum Gasteiger partial charge on any atom is -0.385 e. The minimum atomic E-state index is -0.0882. The molecule has 0 atom stereocenters. The van der Waals surface area contributed by atoms with Gasteiger partial charge in [-0.05, 0) is 31.2 Å². The Labute approximate surface area is 153 Å². The van der Waals surface area contributed by atoms with Gasteiger partial charge in [-0.2, -0.15) is 4.52 Å². The lowest BCUT2D eigenvalue weighted by Crippen LogP contribution is -2.50. The molecule has 7 heteroatoms. The first-order chi connectivity index (χ1) is 12.4. The van der Waals surface area contributed by atoms with Gasteiger partial charge in [-0.1, -0.05) is 20.8 Å². The highest BCUT2D eigenvalue weighted by atomic mass is 15.4. The van der Waals surface area contributed by atoms with E-state index in [1.807, 2.05) is 35.8 Å². The van der Waals surface area contributed by atoms with Gasteiger partial charge in [-0.3, -0.25) is 4.98 Å². The van der Waals surface area contributed by atoms with Crippen LogP contribution >= 0.6 is 0 Å². The monoisotopic (exact) mass is 351 g/mol. The van der Waals surface area contributed by atoms with Gasteiger partial charge in [-0.25, -0.2) is 0 Å². The molecule has 0 bridgehead atoms. The van der Waals surface area contributed by atoms with Crippen molar-refractivity contribution in [3.05, 3.63) is 42.0 Å². The maximum absolute atomic E-state index is 4.78. The highest BCUT2D eigenvalue weighted by molar-refractivity contribution is 5.48. The predicted octanol–water partition coefficient (Wildman–Crippen LogP) is 2.67. The van der Waals surface area contributed by atoms with Crippen molar-refractivity contribution in [2.24, 2.45) is 5.92 Å². The van der Waals surface area contributed by atoms with Gasteiger partial charge in [0.2, 0.25) is 0 Å². The largest absolute Gasteiger partial charge is 0.385 e. The third-order valence-electron chi connectivity index (χ3n) is 4.69. The van der Waals surface area contributed by atoms with Crippen molar-refractivity contribution in [2.75, 3.05) is 29.9 Å². The number of fused-ring (bicyclic) bond motifs is 1. The van der Waals surface area contributed by atoms with Crippen molar-refractivity contribution < 1.29 is 0 Å². The van der Waals surface area contributed by atoms with E-state index in [2.05, 4.69) is 52.2 Å². The molecule has 0 unspecified atom stereocenters. The minimum absolute atomic E-state index is 0.0882. The second kappa shape index (κ2) is 6.23. The van der Waals surface area contributed by atoms with Crippen molar-refractivity contribution in [1.29, 1.82) is 0 Å². The summed E-state index contributed by atoms with van der Waals surface area (Å²) in [7, 11) is 0. The maximum Gasteiger partial charge on any atom is 0.178 e. The summed E-state index contributed by atoms with van der Waals surface area (Å²) in [5.41, 5.74) is 2.88. The molecule has 0 saturated carbocycles. The summed E-state index contributed by atoms with van der Waals surface area (Å²) in [4.78, 5) is 6.53. The van der Waals surface area contributed by atoms with Gasteiger partial charge in [0.1, 0.15) is 5.82 Å². The van der Waals surface area contributed by atoms with Crippen LogP contribution in [0, 0.1) is 12.8 Å². The number of rotatable bonds is 4. The van der Waals surface area contributed by atoms with E-state index >= 15 is 0 Å². The van der Waals surface area contributed by atoms with Crippen LogP contribution in [-0.2, 0) is 5.41 Å². The summed E-state index contributed by atoms with van der Waals surface area (Å²) in [6.07, 6.45) is 1.84. The zero-order valence-corrected chi connectivity index (χ0v) is 15.8. The number of nitrogens with one attached hydrogen (secondary N) is 1. The van der Waals surface area contributed by atoms with Crippen molar-refractivity contribution in [3.63, 3.8) is 0 Å². The Morgan fingerprint density at radius 1 is 1.15 bits per heavy atom. The molecule has 26 heavy (non-hydrogen) atoms. The van der Waals surface area contributed by atoms with Crippen LogP contribution in [0.25, 0.3) is 5.65 Å². The fourth-order valence-corrected chi connectivity index (χ4v) is 3.22. The molecule has 136 valence electrons. The van der Waals surface area contributed by atoms with Crippen molar-refractivity contribution in [3.8, 4) is 0 Å². The van der Waals surface area contributed by atoms with E-state index in [9.17, 15) is 0 Å². The molecule has 1 aliphatic rings. The third kappa shape index (κ3) is 3.21. The molecular formula is C19H25N7. The second-order valence-electron chi connectivity index (χ2n) is 8.07. The van der Waals surface area contributed by atoms with Gasteiger partial charge in [0, 0.05) is 48.5 Å². The molecule has 1 fully saturated rings. The van der Waals surface area contributed by atoms with Crippen LogP contribution in [0.3, 0.4) is 0 Å². The fourth-order valence-electron chi connectivity index (χ4n) is 3.22. The zero-order chi connectivity index (χ0) is 18.3. The summed E-state index contributed by atoms with van der Waals surface area (Å²) in [5.74, 6) is 2.49. The van der Waals surface area contributed by atoms with Crippen molar-refractivity contribution in [2.45, 2.75) is 33.1 Å². The van der Waals surface area contributed by atoms with E-state index < -0.39 is 0 Å². The molecule has 0 aliphatic carbocycles. The topological polar surface area (TPSA) is 71.2 Å². The lowest BCUT2D eigenvalue weighted by molar-refractivity contribution is 0.424. The first-order valence-corrected chi connectivity index (χ1v) is 9.04. The number of aromatic nitrogens is 5. The number of aryl methyl sites for hydroxylation is 1. The van der Waals surface area contributed by atoms with Gasteiger partial charge < -0.3 is 10.2 Å². The Kier molecular flexibility index (Phi) is 4.01. The average molecular weight is 351 g/mol. The van der Waals surface area contributed by atoms with Crippen LogP contribution in [0.1, 0.15) is 32.3 Å². The molecule has 0 aromatic carbocycles.